The molecule has 1 aromatic carbocycles. The van der Waals surface area contributed by atoms with E-state index in [1.54, 1.807) is 30.3 Å². The Morgan fingerprint density at radius 3 is 2.54 bits per heavy atom. The van der Waals surface area contributed by atoms with Crippen molar-refractivity contribution in [1.29, 1.82) is 0 Å². The van der Waals surface area contributed by atoms with E-state index < -0.39 is 40.9 Å². The first kappa shape index (κ1) is 20.1. The molecule has 4 atom stereocenters. The van der Waals surface area contributed by atoms with Crippen LogP contribution in [0.3, 0.4) is 0 Å². The fourth-order valence-electron chi connectivity index (χ4n) is 2.85. The van der Waals surface area contributed by atoms with E-state index in [0.29, 0.717) is 4.90 Å². The van der Waals surface area contributed by atoms with Crippen LogP contribution >= 0.6 is 0 Å². The van der Waals surface area contributed by atoms with Crippen molar-refractivity contribution in [2.75, 3.05) is 12.3 Å². The normalized spacial score (nSPS) is 21.8. The summed E-state index contributed by atoms with van der Waals surface area (Å²) in [5.74, 6) is -2.16. The van der Waals surface area contributed by atoms with Gasteiger partial charge < -0.3 is 20.4 Å². The van der Waals surface area contributed by atoms with E-state index in [1.165, 1.54) is 11.8 Å². The van der Waals surface area contributed by atoms with Crippen molar-refractivity contribution >= 4 is 28.6 Å². The van der Waals surface area contributed by atoms with Gasteiger partial charge in [-0.15, -0.1) is 0 Å². The van der Waals surface area contributed by atoms with Gasteiger partial charge in [0.15, 0.2) is 0 Å². The average Bonchev–Trinajstić information content (AvgIpc) is 3.01. The highest BCUT2D eigenvalue weighted by molar-refractivity contribution is 7.85. The molecule has 1 saturated heterocycles. The number of β-amino-alcohol motifs (C(OH)–C–C–N with tert-alkyl or cyclic N) is 1. The minimum absolute atomic E-state index is 0.0159. The van der Waals surface area contributed by atoms with Gasteiger partial charge in [0.25, 0.3) is 0 Å². The lowest BCUT2D eigenvalue weighted by Gasteiger charge is -2.24. The molecule has 2 rings (SSSR count). The first-order chi connectivity index (χ1) is 12.3. The van der Waals surface area contributed by atoms with Crippen LogP contribution < -0.4 is 5.32 Å². The van der Waals surface area contributed by atoms with E-state index in [0.717, 1.165) is 0 Å². The number of nitrogens with one attached hydrogen (secondary N) is 1. The average molecular weight is 382 g/mol. The molecule has 2 amide bonds. The summed E-state index contributed by atoms with van der Waals surface area (Å²) < 4.78 is 12.2. The van der Waals surface area contributed by atoms with Crippen LogP contribution in [-0.4, -0.2) is 67.6 Å². The number of benzene rings is 1. The number of carbonyl (C=O) groups excluding carboxylic acids is 2. The third-order valence-electron chi connectivity index (χ3n) is 4.20. The van der Waals surface area contributed by atoms with Gasteiger partial charge in [0.2, 0.25) is 11.8 Å². The highest BCUT2D eigenvalue weighted by Gasteiger charge is 2.38. The molecule has 0 unspecified atom stereocenters. The van der Waals surface area contributed by atoms with Crippen LogP contribution in [0.2, 0.25) is 0 Å². The van der Waals surface area contributed by atoms with Gasteiger partial charge in [0.1, 0.15) is 12.1 Å². The maximum Gasteiger partial charge on any atom is 0.326 e. The van der Waals surface area contributed by atoms with Crippen molar-refractivity contribution < 1.29 is 28.8 Å². The number of aliphatic hydroxyl groups is 1. The van der Waals surface area contributed by atoms with E-state index in [4.69, 9.17) is 0 Å². The summed E-state index contributed by atoms with van der Waals surface area (Å²) in [7, 11) is -1.38. The molecule has 0 spiro atoms. The Balaban J connectivity index is 1.97. The molecular formula is C17H22N2O6S. The highest BCUT2D eigenvalue weighted by Crippen LogP contribution is 2.18. The number of nitrogens with zero attached hydrogens (tertiary/aromatic N) is 1. The number of rotatable bonds is 7. The summed E-state index contributed by atoms with van der Waals surface area (Å²) in [6.07, 6.45) is -0.769. The maximum absolute atomic E-state index is 12.4. The number of amides is 2. The first-order valence-electron chi connectivity index (χ1n) is 8.21. The van der Waals surface area contributed by atoms with Crippen LogP contribution in [0, 0.1) is 0 Å². The maximum atomic E-state index is 12.4. The van der Waals surface area contributed by atoms with E-state index in [2.05, 4.69) is 5.32 Å². The second-order valence-corrected chi connectivity index (χ2v) is 7.70. The van der Waals surface area contributed by atoms with Gasteiger partial charge in [-0.1, -0.05) is 18.2 Å². The lowest BCUT2D eigenvalue weighted by atomic mass is 10.1. The smallest absolute Gasteiger partial charge is 0.326 e. The lowest BCUT2D eigenvalue weighted by Crippen LogP contribution is -2.50. The third-order valence-corrected chi connectivity index (χ3v) is 5.60. The Morgan fingerprint density at radius 2 is 1.96 bits per heavy atom. The number of aliphatic hydroxyl groups excluding tert-OH is 1. The minimum atomic E-state index is -1.38. The Labute approximate surface area is 153 Å². The van der Waals surface area contributed by atoms with Gasteiger partial charge in [0, 0.05) is 30.5 Å². The fraction of sp³-hybridized carbons (Fsp3) is 0.471. The standard InChI is InChI=1S/C17H22N2O6S/c1-11(20)19-10-12(21)9-15(19)16(22)18-14(17(23)24)7-8-26(25)13-5-3-2-4-6-13/h2-6,12,14-15,21H,7-10H2,1H3,(H,18,22)(H,23,24)/t12-,14-,15+,26+/m1/s1. The molecule has 26 heavy (non-hydrogen) atoms. The monoisotopic (exact) mass is 382 g/mol. The third kappa shape index (κ3) is 5.12. The summed E-state index contributed by atoms with van der Waals surface area (Å²) in [5, 5.41) is 21.4. The van der Waals surface area contributed by atoms with Crippen LogP contribution in [0.1, 0.15) is 19.8 Å². The lowest BCUT2D eigenvalue weighted by molar-refractivity contribution is -0.143. The summed E-state index contributed by atoms with van der Waals surface area (Å²) in [4.78, 5) is 37.2. The Bertz CT molecular complexity index is 696. The molecule has 0 aliphatic carbocycles. The molecule has 1 fully saturated rings. The molecule has 1 aliphatic heterocycles. The zero-order chi connectivity index (χ0) is 19.3. The van der Waals surface area contributed by atoms with Gasteiger partial charge in [0.05, 0.1) is 16.9 Å². The van der Waals surface area contributed by atoms with Crippen molar-refractivity contribution in [2.45, 2.75) is 42.8 Å². The van der Waals surface area contributed by atoms with E-state index in [9.17, 15) is 28.8 Å². The number of carbonyl (C=O) groups is 3. The van der Waals surface area contributed by atoms with Crippen LogP contribution in [-0.2, 0) is 25.2 Å². The van der Waals surface area contributed by atoms with Crippen LogP contribution in [0.4, 0.5) is 0 Å². The molecule has 0 radical (unpaired) electrons. The highest BCUT2D eigenvalue weighted by atomic mass is 32.2. The predicted octanol–water partition coefficient (Wildman–Crippen LogP) is -0.265. The Kier molecular flexibility index (Phi) is 6.87. The molecule has 0 bridgehead atoms. The fourth-order valence-corrected chi connectivity index (χ4v) is 4.00. The molecule has 3 N–H and O–H groups in total. The van der Waals surface area contributed by atoms with Crippen LogP contribution in [0.25, 0.3) is 0 Å². The molecule has 8 nitrogen and oxygen atoms in total. The number of aliphatic carboxylic acids is 1. The Hall–Kier alpha value is -2.26. The van der Waals surface area contributed by atoms with Crippen molar-refractivity contribution in [3.05, 3.63) is 30.3 Å². The van der Waals surface area contributed by atoms with Gasteiger partial charge in [-0.2, -0.15) is 0 Å². The zero-order valence-corrected chi connectivity index (χ0v) is 15.1. The van der Waals surface area contributed by atoms with Crippen molar-refractivity contribution in [2.24, 2.45) is 0 Å². The van der Waals surface area contributed by atoms with Crippen LogP contribution in [0.5, 0.6) is 0 Å². The SMILES string of the molecule is CC(=O)N1C[C@H](O)C[C@H]1C(=O)N[C@H](CC[S@](=O)c1ccccc1)C(=O)O. The topological polar surface area (TPSA) is 124 Å². The van der Waals surface area contributed by atoms with E-state index >= 15 is 0 Å². The predicted molar refractivity (Wildman–Crippen MR) is 93.7 cm³/mol. The molecule has 9 heteroatoms. The van der Waals surface area contributed by atoms with Gasteiger partial charge in [-0.25, -0.2) is 4.79 Å². The molecular weight excluding hydrogens is 360 g/mol. The Morgan fingerprint density at radius 1 is 1.31 bits per heavy atom. The first-order valence-corrected chi connectivity index (χ1v) is 9.53. The molecule has 142 valence electrons. The number of hydrogen-bond acceptors (Lipinski definition) is 5. The van der Waals surface area contributed by atoms with E-state index in [1.807, 2.05) is 0 Å². The summed E-state index contributed by atoms with van der Waals surface area (Å²) >= 11 is 0. The minimum Gasteiger partial charge on any atom is -0.480 e. The second-order valence-electron chi connectivity index (χ2n) is 6.13. The number of hydrogen-bond donors (Lipinski definition) is 3. The van der Waals surface area contributed by atoms with Gasteiger partial charge in [-0.05, 0) is 18.6 Å². The van der Waals surface area contributed by atoms with E-state index in [-0.39, 0.29) is 31.0 Å². The summed E-state index contributed by atoms with van der Waals surface area (Å²) in [6.45, 7) is 1.33. The zero-order valence-electron chi connectivity index (χ0n) is 14.3. The summed E-state index contributed by atoms with van der Waals surface area (Å²) in [6, 6.07) is 6.53. The molecule has 1 heterocycles. The van der Waals surface area contributed by atoms with Crippen molar-refractivity contribution in [1.82, 2.24) is 10.2 Å². The van der Waals surface area contributed by atoms with Gasteiger partial charge >= 0.3 is 5.97 Å². The number of likely N-dealkylation sites (tertiary alicyclic amines) is 1. The van der Waals surface area contributed by atoms with Gasteiger partial charge in [-0.3, -0.25) is 13.8 Å². The molecule has 0 saturated carbocycles. The van der Waals surface area contributed by atoms with Crippen molar-refractivity contribution in [3.8, 4) is 0 Å². The number of carboxylic acid groups (broad SMARTS) is 1. The van der Waals surface area contributed by atoms with Crippen LogP contribution in [0.15, 0.2) is 35.2 Å². The molecule has 0 aromatic heterocycles. The molecule has 1 aromatic rings. The van der Waals surface area contributed by atoms with Crippen molar-refractivity contribution in [3.63, 3.8) is 0 Å². The second kappa shape index (κ2) is 8.91. The molecule has 1 aliphatic rings. The number of carboxylic acids is 1. The quantitative estimate of drug-likeness (QED) is 0.597. The summed E-state index contributed by atoms with van der Waals surface area (Å²) in [5.41, 5.74) is 0. The largest absolute Gasteiger partial charge is 0.480 e.